The lowest BCUT2D eigenvalue weighted by Gasteiger charge is -2.34. The van der Waals surface area contributed by atoms with Crippen molar-refractivity contribution >= 4 is 27.8 Å². The third-order valence-corrected chi connectivity index (χ3v) is 5.30. The van der Waals surface area contributed by atoms with Gasteiger partial charge in [-0.15, -0.1) is 0 Å². The highest BCUT2D eigenvalue weighted by Gasteiger charge is 2.46. The fourth-order valence-electron chi connectivity index (χ4n) is 3.39. The molecule has 6 heteroatoms. The molecule has 1 aromatic heterocycles. The van der Waals surface area contributed by atoms with E-state index in [9.17, 15) is 4.79 Å². The molecule has 1 saturated heterocycles. The predicted octanol–water partition coefficient (Wildman–Crippen LogP) is 2.69. The van der Waals surface area contributed by atoms with E-state index in [1.54, 1.807) is 12.4 Å². The Labute approximate surface area is 149 Å². The van der Waals surface area contributed by atoms with Crippen LogP contribution < -0.4 is 4.90 Å². The van der Waals surface area contributed by atoms with Crippen molar-refractivity contribution in [3.05, 3.63) is 52.8 Å². The summed E-state index contributed by atoms with van der Waals surface area (Å²) < 4.78 is 1.08. The summed E-state index contributed by atoms with van der Waals surface area (Å²) in [6.07, 6.45) is 4.48. The van der Waals surface area contributed by atoms with E-state index in [-0.39, 0.29) is 5.92 Å². The summed E-state index contributed by atoms with van der Waals surface area (Å²) in [6, 6.07) is 10.1. The van der Waals surface area contributed by atoms with Gasteiger partial charge in [-0.2, -0.15) is 0 Å². The average molecular weight is 387 g/mol. The minimum absolute atomic E-state index is 0.152. The molecule has 5 nitrogen and oxygen atoms in total. The van der Waals surface area contributed by atoms with Crippen LogP contribution in [-0.2, 0) is 4.79 Å². The van der Waals surface area contributed by atoms with E-state index in [1.165, 1.54) is 5.56 Å². The first kappa shape index (κ1) is 15.6. The van der Waals surface area contributed by atoms with Crippen molar-refractivity contribution in [3.63, 3.8) is 0 Å². The van der Waals surface area contributed by atoms with E-state index >= 15 is 0 Å². The molecular weight excluding hydrogens is 368 g/mol. The molecule has 2 fully saturated rings. The van der Waals surface area contributed by atoms with E-state index in [4.69, 9.17) is 0 Å². The molecule has 1 amide bonds. The smallest absolute Gasteiger partial charge is 0.226 e. The molecule has 2 aromatic rings. The van der Waals surface area contributed by atoms with E-state index in [0.29, 0.717) is 11.8 Å². The molecule has 0 spiro atoms. The summed E-state index contributed by atoms with van der Waals surface area (Å²) in [4.78, 5) is 25.5. The number of carbonyl (C=O) groups excluding carboxylic acids is 1. The summed E-state index contributed by atoms with van der Waals surface area (Å²) in [7, 11) is 0. The molecule has 0 bridgehead atoms. The second-order valence-electron chi connectivity index (χ2n) is 6.36. The number of aromatic nitrogens is 2. The van der Waals surface area contributed by atoms with E-state index in [0.717, 1.165) is 43.0 Å². The molecule has 0 radical (unpaired) electrons. The van der Waals surface area contributed by atoms with Crippen molar-refractivity contribution in [3.8, 4) is 0 Å². The van der Waals surface area contributed by atoms with Gasteiger partial charge < -0.3 is 9.80 Å². The maximum Gasteiger partial charge on any atom is 0.226 e. The van der Waals surface area contributed by atoms with Crippen molar-refractivity contribution in [2.75, 3.05) is 31.1 Å². The number of nitrogens with zero attached hydrogens (tertiary/aromatic N) is 4. The maximum atomic E-state index is 12.7. The van der Waals surface area contributed by atoms with Crippen molar-refractivity contribution < 1.29 is 4.79 Å². The van der Waals surface area contributed by atoms with Crippen LogP contribution in [0.3, 0.4) is 0 Å². The average Bonchev–Trinajstić information content (AvgIpc) is 3.43. The summed E-state index contributed by atoms with van der Waals surface area (Å²) in [6.45, 7) is 3.09. The maximum absolute atomic E-state index is 12.7. The van der Waals surface area contributed by atoms with Crippen LogP contribution in [0.25, 0.3) is 0 Å². The van der Waals surface area contributed by atoms with Gasteiger partial charge >= 0.3 is 0 Å². The van der Waals surface area contributed by atoms with Gasteiger partial charge in [0.2, 0.25) is 11.9 Å². The zero-order valence-corrected chi connectivity index (χ0v) is 14.9. The molecule has 1 aliphatic heterocycles. The Kier molecular flexibility index (Phi) is 4.22. The van der Waals surface area contributed by atoms with Crippen molar-refractivity contribution in [2.45, 2.75) is 12.3 Å². The van der Waals surface area contributed by atoms with Crippen LogP contribution in [0.1, 0.15) is 17.9 Å². The fourth-order valence-corrected chi connectivity index (χ4v) is 3.81. The first-order valence-electron chi connectivity index (χ1n) is 8.28. The Hall–Kier alpha value is -1.95. The van der Waals surface area contributed by atoms with Crippen LogP contribution in [0.15, 0.2) is 47.2 Å². The van der Waals surface area contributed by atoms with Gasteiger partial charge in [-0.1, -0.05) is 28.1 Å². The molecule has 0 N–H and O–H groups in total. The van der Waals surface area contributed by atoms with Gasteiger partial charge in [0.1, 0.15) is 0 Å². The van der Waals surface area contributed by atoms with Gasteiger partial charge in [0.05, 0.1) is 0 Å². The molecule has 2 heterocycles. The Balaban J connectivity index is 1.34. The highest BCUT2D eigenvalue weighted by atomic mass is 79.9. The highest BCUT2D eigenvalue weighted by Crippen LogP contribution is 2.48. The summed E-state index contributed by atoms with van der Waals surface area (Å²) in [5.41, 5.74) is 1.26. The third kappa shape index (κ3) is 3.15. The Morgan fingerprint density at radius 2 is 1.83 bits per heavy atom. The second kappa shape index (κ2) is 6.51. The van der Waals surface area contributed by atoms with Crippen molar-refractivity contribution in [2.24, 2.45) is 5.92 Å². The molecule has 124 valence electrons. The lowest BCUT2D eigenvalue weighted by atomic mass is 10.1. The number of benzene rings is 1. The lowest BCUT2D eigenvalue weighted by Crippen LogP contribution is -2.49. The molecule has 2 unspecified atom stereocenters. The molecule has 1 aromatic carbocycles. The van der Waals surface area contributed by atoms with Gasteiger partial charge in [0.25, 0.3) is 0 Å². The summed E-state index contributed by atoms with van der Waals surface area (Å²) in [5.74, 6) is 1.58. The zero-order chi connectivity index (χ0) is 16.5. The third-order valence-electron chi connectivity index (χ3n) is 4.81. The van der Waals surface area contributed by atoms with E-state index < -0.39 is 0 Å². The number of hydrogen-bond donors (Lipinski definition) is 0. The van der Waals surface area contributed by atoms with Crippen LogP contribution in [-0.4, -0.2) is 47.0 Å². The van der Waals surface area contributed by atoms with Crippen LogP contribution in [0.4, 0.5) is 5.95 Å². The SMILES string of the molecule is O=C(C1CC1c1cccc(Br)c1)N1CCN(c2ncccn2)CC1. The number of carbonyl (C=O) groups is 1. The number of anilines is 1. The molecular formula is C18H19BrN4O. The standard InChI is InChI=1S/C18H19BrN4O/c19-14-4-1-3-13(11-14)15-12-16(15)17(24)22-7-9-23(10-8-22)18-20-5-2-6-21-18/h1-6,11,15-16H,7-10,12H2. The lowest BCUT2D eigenvalue weighted by molar-refractivity contribution is -0.133. The molecule has 2 atom stereocenters. The number of rotatable bonds is 3. The van der Waals surface area contributed by atoms with Gasteiger partial charge in [-0.3, -0.25) is 4.79 Å². The topological polar surface area (TPSA) is 49.3 Å². The number of amides is 1. The first-order valence-corrected chi connectivity index (χ1v) is 9.08. The van der Waals surface area contributed by atoms with Gasteiger partial charge in [-0.05, 0) is 36.1 Å². The van der Waals surface area contributed by atoms with E-state index in [1.807, 2.05) is 23.1 Å². The molecule has 2 aliphatic rings. The van der Waals surface area contributed by atoms with Crippen LogP contribution in [0.2, 0.25) is 0 Å². The minimum atomic E-state index is 0.152. The normalized spacial score (nSPS) is 23.2. The van der Waals surface area contributed by atoms with Crippen molar-refractivity contribution in [1.29, 1.82) is 0 Å². The molecule has 1 saturated carbocycles. The van der Waals surface area contributed by atoms with Crippen LogP contribution in [0, 0.1) is 5.92 Å². The quantitative estimate of drug-likeness (QED) is 0.813. The van der Waals surface area contributed by atoms with Crippen LogP contribution in [0.5, 0.6) is 0 Å². The molecule has 1 aliphatic carbocycles. The first-order chi connectivity index (χ1) is 11.7. The highest BCUT2D eigenvalue weighted by molar-refractivity contribution is 9.10. The Bertz CT molecular complexity index is 731. The zero-order valence-electron chi connectivity index (χ0n) is 13.3. The predicted molar refractivity (Wildman–Crippen MR) is 95.8 cm³/mol. The van der Waals surface area contributed by atoms with Crippen LogP contribution >= 0.6 is 15.9 Å². The monoisotopic (exact) mass is 386 g/mol. The largest absolute Gasteiger partial charge is 0.339 e. The molecule has 4 rings (SSSR count). The number of hydrogen-bond acceptors (Lipinski definition) is 4. The second-order valence-corrected chi connectivity index (χ2v) is 7.28. The number of halogens is 1. The minimum Gasteiger partial charge on any atom is -0.339 e. The Morgan fingerprint density at radius 3 is 2.54 bits per heavy atom. The summed E-state index contributed by atoms with van der Waals surface area (Å²) in [5, 5.41) is 0. The van der Waals surface area contributed by atoms with Gasteiger partial charge in [-0.25, -0.2) is 9.97 Å². The van der Waals surface area contributed by atoms with Gasteiger partial charge in [0.15, 0.2) is 0 Å². The number of piperazine rings is 1. The molecule has 24 heavy (non-hydrogen) atoms. The van der Waals surface area contributed by atoms with E-state index in [2.05, 4.69) is 42.9 Å². The summed E-state index contributed by atoms with van der Waals surface area (Å²) >= 11 is 3.51. The fraction of sp³-hybridized carbons (Fsp3) is 0.389. The van der Waals surface area contributed by atoms with Gasteiger partial charge in [0, 0.05) is 49.0 Å². The van der Waals surface area contributed by atoms with Crippen molar-refractivity contribution in [1.82, 2.24) is 14.9 Å². The Morgan fingerprint density at radius 1 is 1.08 bits per heavy atom.